The van der Waals surface area contributed by atoms with Crippen LogP contribution in [-0.2, 0) is 71.7 Å². The molecule has 450 valence electrons. The number of aromatic nitrogens is 3. The first-order valence-electron chi connectivity index (χ1n) is 26.7. The minimum absolute atomic E-state index is 0.0345. The molecule has 0 aliphatic carbocycles. The molecule has 3 aliphatic heterocycles. The summed E-state index contributed by atoms with van der Waals surface area (Å²) in [5, 5.41) is 93.9. The number of rotatable bonds is 18. The number of aliphatic carboxylic acids is 1. The van der Waals surface area contributed by atoms with E-state index in [0.29, 0.717) is 28.8 Å². The number of ether oxygens (including phenoxy) is 8. The summed E-state index contributed by atoms with van der Waals surface area (Å²) in [7, 11) is 1.25. The fraction of sp³-hybridized carbons (Fsp3) is 0.607. The molecule has 1 aromatic carbocycles. The number of aryl methyl sites for hydroxylation is 1. The Kier molecular flexibility index (Phi) is 24.5. The molecule has 0 saturated carbocycles. The number of halogens is 2. The number of carboxylic acids is 1. The highest BCUT2D eigenvalue weighted by Gasteiger charge is 2.53. The van der Waals surface area contributed by atoms with Gasteiger partial charge in [0, 0.05) is 32.1 Å². The van der Waals surface area contributed by atoms with Gasteiger partial charge in [0.2, 0.25) is 0 Å². The van der Waals surface area contributed by atoms with Crippen molar-refractivity contribution < 1.29 is 97.9 Å². The summed E-state index contributed by atoms with van der Waals surface area (Å²) in [6.07, 6.45) is -4.48. The largest absolute Gasteiger partial charge is 0.505 e. The zero-order valence-corrected chi connectivity index (χ0v) is 48.6. The van der Waals surface area contributed by atoms with Gasteiger partial charge in [0.25, 0.3) is 0 Å². The van der Waals surface area contributed by atoms with Crippen molar-refractivity contribution in [2.24, 2.45) is 5.92 Å². The molecule has 8 N–H and O–H groups in total. The van der Waals surface area contributed by atoms with E-state index in [4.69, 9.17) is 66.2 Å². The first-order valence-corrected chi connectivity index (χ1v) is 27.5. The van der Waals surface area contributed by atoms with Gasteiger partial charge in [-0.2, -0.15) is 0 Å². The van der Waals surface area contributed by atoms with Gasteiger partial charge in [0.05, 0.1) is 52.9 Å². The predicted molar refractivity (Wildman–Crippen MR) is 291 cm³/mol. The molecule has 2 fully saturated rings. The van der Waals surface area contributed by atoms with Gasteiger partial charge in [-0.3, -0.25) is 9.59 Å². The zero-order chi connectivity index (χ0) is 60.2. The summed E-state index contributed by atoms with van der Waals surface area (Å²) in [5.74, 6) is -5.66. The Balaban J connectivity index is 1.35. The number of aromatic hydroxyl groups is 2. The molecule has 14 atom stereocenters. The van der Waals surface area contributed by atoms with Gasteiger partial charge < -0.3 is 78.7 Å². The van der Waals surface area contributed by atoms with Crippen LogP contribution in [0, 0.1) is 5.92 Å². The second-order valence-electron chi connectivity index (χ2n) is 20.9. The van der Waals surface area contributed by atoms with Gasteiger partial charge in [-0.15, -0.1) is 5.10 Å². The standard InChI is InChI=1S/C56H77Cl2N3O20/c1-11-32-23-28(4)36(63)18-14-13-16-33(26-75-55-50(74-10)45(69)48(31(7)76-55)79-53(73)40-35(12-2)41(57)44(68)42(58)43(40)67)52(72)77-37(30(6)62)21-20-27(3)22-29(5)47(32)80-54-46(70)49(51(71)56(8,9)81-54)78-39(66)19-15-17-34-24-61(60-59-34)25-38(64)65/h13-14,16,20,22-24,30-32,36-37,45-51,54-55,62-63,67-71H,11-12,15,17-19,21,25-26H2,1-10H3,(H,64,65)/b14-13+,27-20+,28-23+,29-22+,33-16+/t30-,31-,32+,36+,37+,45+,46+,47+,48-,49-,50+,51+,54-,55-/m1/s1. The molecule has 4 heterocycles. The Bertz CT molecular complexity index is 2680. The van der Waals surface area contributed by atoms with Crippen molar-refractivity contribution >= 4 is 47.1 Å². The van der Waals surface area contributed by atoms with Crippen molar-refractivity contribution in [3.63, 3.8) is 0 Å². The lowest BCUT2D eigenvalue weighted by Gasteiger charge is -2.47. The van der Waals surface area contributed by atoms with Crippen molar-refractivity contribution in [3.05, 3.63) is 91.8 Å². The number of hydrogen-bond donors (Lipinski definition) is 8. The number of benzene rings is 1. The number of phenols is 2. The number of carbonyl (C=O) groups is 4. The highest BCUT2D eigenvalue weighted by Crippen LogP contribution is 2.45. The van der Waals surface area contributed by atoms with E-state index in [-0.39, 0.29) is 61.2 Å². The lowest BCUT2D eigenvalue weighted by Crippen LogP contribution is -2.64. The molecule has 0 spiro atoms. The minimum atomic E-state index is -1.67. The van der Waals surface area contributed by atoms with Crippen molar-refractivity contribution in [1.82, 2.24) is 15.0 Å². The van der Waals surface area contributed by atoms with Gasteiger partial charge in [0.15, 0.2) is 36.3 Å². The van der Waals surface area contributed by atoms with E-state index in [1.165, 1.54) is 39.3 Å². The average molecular weight is 1180 g/mol. The molecule has 2 saturated heterocycles. The van der Waals surface area contributed by atoms with Crippen molar-refractivity contribution in [2.75, 3.05) is 13.7 Å². The van der Waals surface area contributed by atoms with Crippen LogP contribution in [0.25, 0.3) is 0 Å². The summed E-state index contributed by atoms with van der Waals surface area (Å²) in [6.45, 7) is 14.1. The quantitative estimate of drug-likeness (QED) is 0.0535. The average Bonchev–Trinajstić information content (AvgIpc) is 3.86. The number of aliphatic hydroxyl groups is 5. The van der Waals surface area contributed by atoms with Crippen LogP contribution in [0.4, 0.5) is 0 Å². The number of esters is 3. The summed E-state index contributed by atoms with van der Waals surface area (Å²) >= 11 is 12.3. The first-order chi connectivity index (χ1) is 38.1. The molecule has 81 heavy (non-hydrogen) atoms. The fourth-order valence-electron chi connectivity index (χ4n) is 9.54. The van der Waals surface area contributed by atoms with E-state index in [9.17, 15) is 54.9 Å². The maximum Gasteiger partial charge on any atom is 0.342 e. The fourth-order valence-corrected chi connectivity index (χ4v) is 10.1. The number of aliphatic hydroxyl groups excluding tert-OH is 5. The van der Waals surface area contributed by atoms with Crippen LogP contribution < -0.4 is 0 Å². The monoisotopic (exact) mass is 1180 g/mol. The highest BCUT2D eigenvalue weighted by molar-refractivity contribution is 6.39. The number of hydrogen-bond acceptors (Lipinski definition) is 21. The molecule has 0 amide bonds. The third kappa shape index (κ3) is 17.2. The van der Waals surface area contributed by atoms with E-state index >= 15 is 0 Å². The molecular formula is C56H77Cl2N3O20. The molecule has 0 radical (unpaired) electrons. The van der Waals surface area contributed by atoms with Gasteiger partial charge in [-0.1, -0.05) is 78.2 Å². The first kappa shape index (κ1) is 66.5. The topological polar surface area (TPSA) is 335 Å². The highest BCUT2D eigenvalue weighted by atomic mass is 35.5. The van der Waals surface area contributed by atoms with Crippen molar-refractivity contribution in [3.8, 4) is 11.5 Å². The number of cyclic esters (lactones) is 1. The molecule has 25 heteroatoms. The van der Waals surface area contributed by atoms with Crippen LogP contribution in [0.15, 0.2) is 64.9 Å². The summed E-state index contributed by atoms with van der Waals surface area (Å²) < 4.78 is 48.9. The maximum absolute atomic E-state index is 14.0. The number of allylic oxidation sites excluding steroid dienone is 4. The molecule has 0 unspecified atom stereocenters. The normalized spacial score (nSPS) is 32.2. The Labute approximate surface area is 480 Å². The molecule has 23 nitrogen and oxygen atoms in total. The van der Waals surface area contributed by atoms with Gasteiger partial charge >= 0.3 is 23.9 Å². The number of carbonyl (C=O) groups excluding carboxylic acids is 3. The van der Waals surface area contributed by atoms with Crippen LogP contribution in [0.5, 0.6) is 11.5 Å². The number of phenolic OH excluding ortho intramolecular Hbond substituents is 2. The number of nitrogens with zero attached hydrogens (tertiary/aromatic N) is 3. The Hall–Kier alpha value is -5.28. The molecule has 0 bridgehead atoms. The predicted octanol–water partition coefficient (Wildman–Crippen LogP) is 5.28. The second-order valence-corrected chi connectivity index (χ2v) is 21.7. The molecule has 1 aromatic heterocycles. The Morgan fingerprint density at radius 1 is 0.951 bits per heavy atom. The summed E-state index contributed by atoms with van der Waals surface area (Å²) in [6, 6.07) is 0. The smallest absolute Gasteiger partial charge is 0.342 e. The lowest BCUT2D eigenvalue weighted by molar-refractivity contribution is -0.333. The Morgan fingerprint density at radius 2 is 1.65 bits per heavy atom. The van der Waals surface area contributed by atoms with Gasteiger partial charge in [-0.05, 0) is 103 Å². The second kappa shape index (κ2) is 29.8. The zero-order valence-electron chi connectivity index (χ0n) is 47.1. The molecule has 5 rings (SSSR count). The Morgan fingerprint density at radius 3 is 2.30 bits per heavy atom. The van der Waals surface area contributed by atoms with E-state index in [2.05, 4.69) is 10.3 Å². The van der Waals surface area contributed by atoms with E-state index in [1.807, 2.05) is 19.1 Å². The SMILES string of the molecule is CCc1c(Cl)c(O)c(Cl)c(O)c1C(=O)O[C@H]1[C@H](O)[C@H](OC)[C@H](OC/C2=C\C=C\C[C@H](O)/C(C)=C/[C@H](CC)[C@@H](O[C@@H]3OC(C)(C)[C@@H](O)[C@H](OC(=O)CCCc4cn(CC(=O)O)nn4)[C@@H]3O)/C(C)=C/C(C)=C/C[C@@H]([C@@H](C)O)OC2=O)O[C@@H]1C. The summed E-state index contributed by atoms with van der Waals surface area (Å²) in [5.41, 5.74) is 0.503. The van der Waals surface area contributed by atoms with Crippen LogP contribution in [0.1, 0.15) is 116 Å². The van der Waals surface area contributed by atoms with E-state index in [0.717, 1.165) is 4.68 Å². The summed E-state index contributed by atoms with van der Waals surface area (Å²) in [4.78, 5) is 51.8. The third-order valence-electron chi connectivity index (χ3n) is 14.3. The molecule has 2 aromatic rings. The van der Waals surface area contributed by atoms with Gasteiger partial charge in [0.1, 0.15) is 47.7 Å². The lowest BCUT2D eigenvalue weighted by atomic mass is 9.88. The van der Waals surface area contributed by atoms with Crippen molar-refractivity contribution in [2.45, 2.75) is 199 Å². The van der Waals surface area contributed by atoms with Crippen LogP contribution in [0.2, 0.25) is 10.0 Å². The minimum Gasteiger partial charge on any atom is -0.505 e. The van der Waals surface area contributed by atoms with Crippen LogP contribution in [-0.4, -0.2) is 179 Å². The molecular weight excluding hydrogens is 1110 g/mol. The number of carboxylic acid groups (broad SMARTS) is 1. The van der Waals surface area contributed by atoms with E-state index in [1.54, 1.807) is 53.7 Å². The van der Waals surface area contributed by atoms with E-state index < -0.39 is 144 Å². The van der Waals surface area contributed by atoms with Crippen molar-refractivity contribution in [1.29, 1.82) is 0 Å². The molecule has 3 aliphatic rings. The van der Waals surface area contributed by atoms with Crippen LogP contribution >= 0.6 is 23.2 Å². The third-order valence-corrected chi connectivity index (χ3v) is 15.0. The van der Waals surface area contributed by atoms with Gasteiger partial charge in [-0.25, -0.2) is 14.3 Å². The number of methoxy groups -OCH3 is 1. The van der Waals surface area contributed by atoms with Crippen LogP contribution in [0.3, 0.4) is 0 Å². The maximum atomic E-state index is 14.0.